The first-order valence-corrected chi connectivity index (χ1v) is 5.05. The monoisotopic (exact) mass is 253 g/mol. The van der Waals surface area contributed by atoms with E-state index >= 15 is 0 Å². The molecule has 1 aromatic carbocycles. The number of aryl methyl sites for hydroxylation is 1. The molecule has 0 atom stereocenters. The quantitative estimate of drug-likeness (QED) is 0.758. The lowest BCUT2D eigenvalue weighted by Crippen LogP contribution is -2.26. The van der Waals surface area contributed by atoms with Crippen LogP contribution in [0.15, 0.2) is 29.3 Å². The summed E-state index contributed by atoms with van der Waals surface area (Å²) >= 11 is 0. The van der Waals surface area contributed by atoms with Gasteiger partial charge in [-0.05, 0) is 18.2 Å². The number of nitrogens with zero attached hydrogens (tertiary/aromatic N) is 3. The maximum atomic E-state index is 13.3. The summed E-state index contributed by atoms with van der Waals surface area (Å²) in [6, 6.07) is 2.58. The number of hydrogen-bond donors (Lipinski definition) is 0. The number of benzene rings is 1. The van der Waals surface area contributed by atoms with Crippen molar-refractivity contribution >= 4 is 5.78 Å². The first-order chi connectivity index (χ1) is 8.49. The summed E-state index contributed by atoms with van der Waals surface area (Å²) in [4.78, 5) is 23.2. The molecule has 0 saturated carbocycles. The second kappa shape index (κ2) is 4.52. The standard InChI is InChI=1S/C11H9F2N3O2/c1-15-6-14-16(11(15)18)5-10(17)8-4-7(12)2-3-9(8)13/h2-4,6H,5H2,1H3. The van der Waals surface area contributed by atoms with E-state index in [2.05, 4.69) is 5.10 Å². The van der Waals surface area contributed by atoms with E-state index in [9.17, 15) is 18.4 Å². The third kappa shape index (κ3) is 2.20. The molecule has 2 aromatic rings. The van der Waals surface area contributed by atoms with Crippen LogP contribution in [0.5, 0.6) is 0 Å². The van der Waals surface area contributed by atoms with Gasteiger partial charge in [0.2, 0.25) is 0 Å². The molecule has 0 unspecified atom stereocenters. The van der Waals surface area contributed by atoms with Crippen LogP contribution < -0.4 is 5.69 Å². The molecule has 1 aromatic heterocycles. The molecule has 94 valence electrons. The predicted octanol–water partition coefficient (Wildman–Crippen LogP) is 0.743. The van der Waals surface area contributed by atoms with Crippen molar-refractivity contribution in [2.75, 3.05) is 0 Å². The van der Waals surface area contributed by atoms with Gasteiger partial charge in [-0.1, -0.05) is 0 Å². The van der Waals surface area contributed by atoms with Gasteiger partial charge < -0.3 is 0 Å². The molecule has 0 N–H and O–H groups in total. The van der Waals surface area contributed by atoms with Crippen molar-refractivity contribution in [1.82, 2.24) is 14.3 Å². The highest BCUT2D eigenvalue weighted by molar-refractivity contribution is 5.96. The zero-order valence-corrected chi connectivity index (χ0v) is 9.43. The Labute approximate surface area is 100 Å². The highest BCUT2D eigenvalue weighted by atomic mass is 19.1. The third-order valence-corrected chi connectivity index (χ3v) is 2.41. The summed E-state index contributed by atoms with van der Waals surface area (Å²) < 4.78 is 28.3. The van der Waals surface area contributed by atoms with E-state index < -0.39 is 35.2 Å². The van der Waals surface area contributed by atoms with Gasteiger partial charge in [-0.2, -0.15) is 5.10 Å². The van der Waals surface area contributed by atoms with Crippen molar-refractivity contribution in [2.24, 2.45) is 7.05 Å². The smallest absolute Gasteiger partial charge is 0.292 e. The topological polar surface area (TPSA) is 56.9 Å². The zero-order chi connectivity index (χ0) is 13.3. The molecule has 0 radical (unpaired) electrons. The molecular weight excluding hydrogens is 244 g/mol. The van der Waals surface area contributed by atoms with Gasteiger partial charge >= 0.3 is 5.69 Å². The van der Waals surface area contributed by atoms with E-state index in [4.69, 9.17) is 0 Å². The second-order valence-corrected chi connectivity index (χ2v) is 3.73. The van der Waals surface area contributed by atoms with Gasteiger partial charge in [0.15, 0.2) is 5.78 Å². The molecule has 0 bridgehead atoms. The first kappa shape index (κ1) is 12.2. The maximum absolute atomic E-state index is 13.3. The number of Topliss-reactive ketones (excluding diaryl/α,β-unsaturated/α-hetero) is 1. The number of aromatic nitrogens is 3. The highest BCUT2D eigenvalue weighted by Crippen LogP contribution is 2.10. The molecule has 0 aliphatic carbocycles. The Bertz CT molecular complexity index is 661. The van der Waals surface area contributed by atoms with Gasteiger partial charge in [0.25, 0.3) is 0 Å². The fourth-order valence-corrected chi connectivity index (χ4v) is 1.46. The Morgan fingerprint density at radius 2 is 2.11 bits per heavy atom. The van der Waals surface area contributed by atoms with E-state index in [1.807, 2.05) is 0 Å². The van der Waals surface area contributed by atoms with Gasteiger partial charge in [-0.25, -0.2) is 18.3 Å². The summed E-state index contributed by atoms with van der Waals surface area (Å²) in [7, 11) is 1.47. The normalized spacial score (nSPS) is 10.6. The molecule has 0 saturated heterocycles. The van der Waals surface area contributed by atoms with Crippen LogP contribution in [-0.2, 0) is 13.6 Å². The van der Waals surface area contributed by atoms with Crippen LogP contribution in [0.4, 0.5) is 8.78 Å². The van der Waals surface area contributed by atoms with E-state index in [1.54, 1.807) is 0 Å². The number of rotatable bonds is 3. The molecule has 0 aliphatic heterocycles. The zero-order valence-electron chi connectivity index (χ0n) is 9.43. The number of halogens is 2. The van der Waals surface area contributed by atoms with Crippen LogP contribution in [0.3, 0.4) is 0 Å². The van der Waals surface area contributed by atoms with E-state index in [0.29, 0.717) is 0 Å². The molecule has 0 aliphatic rings. The van der Waals surface area contributed by atoms with Crippen molar-refractivity contribution in [3.8, 4) is 0 Å². The van der Waals surface area contributed by atoms with Gasteiger partial charge in [0.1, 0.15) is 24.5 Å². The molecule has 0 spiro atoms. The number of hydrogen-bond acceptors (Lipinski definition) is 3. The van der Waals surface area contributed by atoms with Crippen LogP contribution in [0.25, 0.3) is 0 Å². The predicted molar refractivity (Wildman–Crippen MR) is 58.2 cm³/mol. The Balaban J connectivity index is 2.30. The molecule has 1 heterocycles. The molecule has 7 heteroatoms. The highest BCUT2D eigenvalue weighted by Gasteiger charge is 2.15. The van der Waals surface area contributed by atoms with Gasteiger partial charge in [0, 0.05) is 7.05 Å². The van der Waals surface area contributed by atoms with Gasteiger partial charge in [-0.3, -0.25) is 9.36 Å². The number of ketones is 1. The largest absolute Gasteiger partial charge is 0.345 e. The summed E-state index contributed by atoms with van der Waals surface area (Å²) in [6.45, 7) is -0.431. The Morgan fingerprint density at radius 1 is 1.39 bits per heavy atom. The lowest BCUT2D eigenvalue weighted by molar-refractivity contribution is 0.0961. The SMILES string of the molecule is Cn1cnn(CC(=O)c2cc(F)ccc2F)c1=O. The van der Waals surface area contributed by atoms with Crippen LogP contribution in [0.2, 0.25) is 0 Å². The third-order valence-electron chi connectivity index (χ3n) is 2.41. The molecule has 0 amide bonds. The van der Waals surface area contributed by atoms with E-state index in [-0.39, 0.29) is 0 Å². The molecule has 5 nitrogen and oxygen atoms in total. The minimum atomic E-state index is -0.828. The average molecular weight is 253 g/mol. The van der Waals surface area contributed by atoms with E-state index in [0.717, 1.165) is 22.9 Å². The summed E-state index contributed by atoms with van der Waals surface area (Å²) in [5.41, 5.74) is -0.896. The Kier molecular flexibility index (Phi) is 3.05. The van der Waals surface area contributed by atoms with Crippen LogP contribution in [-0.4, -0.2) is 20.1 Å². The summed E-state index contributed by atoms with van der Waals surface area (Å²) in [5.74, 6) is -2.26. The minimum Gasteiger partial charge on any atom is -0.292 e. The van der Waals surface area contributed by atoms with Crippen molar-refractivity contribution < 1.29 is 13.6 Å². The molecular formula is C11H9F2N3O2. The Hall–Kier alpha value is -2.31. The second-order valence-electron chi connectivity index (χ2n) is 3.73. The molecule has 2 rings (SSSR count). The van der Waals surface area contributed by atoms with Crippen LogP contribution >= 0.6 is 0 Å². The van der Waals surface area contributed by atoms with Crippen molar-refractivity contribution in [3.05, 3.63) is 52.2 Å². The van der Waals surface area contributed by atoms with Crippen molar-refractivity contribution in [3.63, 3.8) is 0 Å². The van der Waals surface area contributed by atoms with Crippen LogP contribution in [0, 0.1) is 11.6 Å². The van der Waals surface area contributed by atoms with Gasteiger partial charge in [-0.15, -0.1) is 0 Å². The fourth-order valence-electron chi connectivity index (χ4n) is 1.46. The van der Waals surface area contributed by atoms with E-state index in [1.165, 1.54) is 17.9 Å². The Morgan fingerprint density at radius 3 is 2.72 bits per heavy atom. The van der Waals surface area contributed by atoms with Crippen LogP contribution in [0.1, 0.15) is 10.4 Å². The average Bonchev–Trinajstić information content (AvgIpc) is 2.64. The van der Waals surface area contributed by atoms with Crippen molar-refractivity contribution in [1.29, 1.82) is 0 Å². The lowest BCUT2D eigenvalue weighted by atomic mass is 10.1. The first-order valence-electron chi connectivity index (χ1n) is 5.05. The lowest BCUT2D eigenvalue weighted by Gasteiger charge is -2.02. The minimum absolute atomic E-state index is 0.396. The summed E-state index contributed by atoms with van der Waals surface area (Å²) in [6.07, 6.45) is 1.23. The van der Waals surface area contributed by atoms with Crippen molar-refractivity contribution in [2.45, 2.75) is 6.54 Å². The number of carbonyl (C=O) groups excluding carboxylic acids is 1. The van der Waals surface area contributed by atoms with Gasteiger partial charge in [0.05, 0.1) is 5.56 Å². The molecule has 18 heavy (non-hydrogen) atoms. The summed E-state index contributed by atoms with van der Waals surface area (Å²) in [5, 5.41) is 3.66. The fraction of sp³-hybridized carbons (Fsp3) is 0.182. The number of carbonyl (C=O) groups is 1. The molecule has 0 fully saturated rings. The maximum Gasteiger partial charge on any atom is 0.345 e.